The van der Waals surface area contributed by atoms with Gasteiger partial charge in [-0.05, 0) is 49.4 Å². The van der Waals surface area contributed by atoms with Crippen LogP contribution in [0.15, 0.2) is 46.9 Å². The van der Waals surface area contributed by atoms with Crippen LogP contribution in [0.25, 0.3) is 16.6 Å². The molecule has 22 heavy (non-hydrogen) atoms. The summed E-state index contributed by atoms with van der Waals surface area (Å²) in [4.78, 5) is 12.1. The molecule has 4 nitrogen and oxygen atoms in total. The van der Waals surface area contributed by atoms with Crippen molar-refractivity contribution in [3.8, 4) is 5.69 Å². The summed E-state index contributed by atoms with van der Waals surface area (Å²) in [6.07, 6.45) is 0. The first kappa shape index (κ1) is 14.7. The molecular formula is C16H12BrFN2O2. The van der Waals surface area contributed by atoms with E-state index in [9.17, 15) is 9.18 Å². The van der Waals surface area contributed by atoms with Gasteiger partial charge in [0.2, 0.25) is 0 Å². The Labute approximate surface area is 134 Å². The normalized spacial score (nSPS) is 10.9. The first-order valence-corrected chi connectivity index (χ1v) is 7.51. The van der Waals surface area contributed by atoms with Crippen molar-refractivity contribution >= 4 is 32.8 Å². The molecule has 0 saturated heterocycles. The molecule has 0 unspecified atom stereocenters. The van der Waals surface area contributed by atoms with Gasteiger partial charge in [0.15, 0.2) is 5.69 Å². The van der Waals surface area contributed by atoms with Gasteiger partial charge in [-0.3, -0.25) is 0 Å². The number of ether oxygens (including phenoxy) is 1. The number of nitrogens with zero attached hydrogens (tertiary/aromatic N) is 2. The van der Waals surface area contributed by atoms with Crippen molar-refractivity contribution in [3.05, 3.63) is 58.4 Å². The number of hydrogen-bond donors (Lipinski definition) is 0. The lowest BCUT2D eigenvalue weighted by Crippen LogP contribution is -2.07. The van der Waals surface area contributed by atoms with E-state index >= 15 is 0 Å². The fraction of sp³-hybridized carbons (Fsp3) is 0.125. The summed E-state index contributed by atoms with van der Waals surface area (Å²) >= 11 is 3.39. The molecule has 0 bridgehead atoms. The van der Waals surface area contributed by atoms with E-state index in [4.69, 9.17) is 4.74 Å². The van der Waals surface area contributed by atoms with E-state index in [2.05, 4.69) is 21.0 Å². The van der Waals surface area contributed by atoms with Crippen LogP contribution in [0.4, 0.5) is 4.39 Å². The lowest BCUT2D eigenvalue weighted by molar-refractivity contribution is 0.0521. The zero-order chi connectivity index (χ0) is 15.7. The van der Waals surface area contributed by atoms with Gasteiger partial charge in [-0.25, -0.2) is 13.9 Å². The minimum Gasteiger partial charge on any atom is -0.461 e. The summed E-state index contributed by atoms with van der Waals surface area (Å²) in [6, 6.07) is 11.4. The number of benzene rings is 2. The molecule has 0 fully saturated rings. The maximum absolute atomic E-state index is 13.1. The van der Waals surface area contributed by atoms with Gasteiger partial charge >= 0.3 is 5.97 Å². The van der Waals surface area contributed by atoms with Crippen molar-refractivity contribution < 1.29 is 13.9 Å². The van der Waals surface area contributed by atoms with Crippen LogP contribution >= 0.6 is 15.9 Å². The van der Waals surface area contributed by atoms with E-state index in [1.807, 2.05) is 18.2 Å². The summed E-state index contributed by atoms with van der Waals surface area (Å²) in [5.41, 5.74) is 1.66. The van der Waals surface area contributed by atoms with Crippen LogP contribution in [-0.4, -0.2) is 22.4 Å². The molecule has 3 aromatic rings. The lowest BCUT2D eigenvalue weighted by Gasteiger charge is -2.03. The first-order chi connectivity index (χ1) is 10.6. The van der Waals surface area contributed by atoms with Gasteiger partial charge in [-0.15, -0.1) is 0 Å². The van der Waals surface area contributed by atoms with Crippen molar-refractivity contribution in [1.82, 2.24) is 9.78 Å². The number of halogens is 2. The van der Waals surface area contributed by atoms with Crippen molar-refractivity contribution in [1.29, 1.82) is 0 Å². The highest BCUT2D eigenvalue weighted by Crippen LogP contribution is 2.26. The van der Waals surface area contributed by atoms with Gasteiger partial charge in [-0.1, -0.05) is 15.9 Å². The van der Waals surface area contributed by atoms with E-state index in [-0.39, 0.29) is 18.1 Å². The molecule has 0 aliphatic rings. The maximum atomic E-state index is 13.1. The molecule has 2 aromatic carbocycles. The smallest absolute Gasteiger partial charge is 0.359 e. The van der Waals surface area contributed by atoms with Crippen LogP contribution in [-0.2, 0) is 4.74 Å². The monoisotopic (exact) mass is 362 g/mol. The van der Waals surface area contributed by atoms with Crippen LogP contribution in [0.3, 0.4) is 0 Å². The Morgan fingerprint density at radius 3 is 2.68 bits per heavy atom. The van der Waals surface area contributed by atoms with Crippen molar-refractivity contribution in [2.75, 3.05) is 6.61 Å². The minimum absolute atomic E-state index is 0.238. The number of rotatable bonds is 3. The summed E-state index contributed by atoms with van der Waals surface area (Å²) in [5.74, 6) is -0.806. The molecule has 0 saturated carbocycles. The zero-order valence-corrected chi connectivity index (χ0v) is 13.3. The van der Waals surface area contributed by atoms with E-state index in [0.29, 0.717) is 11.1 Å². The summed E-state index contributed by atoms with van der Waals surface area (Å²) < 4.78 is 20.6. The second kappa shape index (κ2) is 5.88. The van der Waals surface area contributed by atoms with Crippen molar-refractivity contribution in [2.45, 2.75) is 6.92 Å². The van der Waals surface area contributed by atoms with E-state index in [0.717, 1.165) is 9.99 Å². The molecule has 6 heteroatoms. The Bertz CT molecular complexity index is 843. The largest absolute Gasteiger partial charge is 0.461 e. The number of hydrogen-bond acceptors (Lipinski definition) is 3. The number of aromatic nitrogens is 2. The maximum Gasteiger partial charge on any atom is 0.359 e. The molecule has 0 aliphatic carbocycles. The summed E-state index contributed by atoms with van der Waals surface area (Å²) in [5, 5.41) is 5.03. The van der Waals surface area contributed by atoms with Crippen LogP contribution in [0.5, 0.6) is 0 Å². The predicted octanol–water partition coefficient (Wildman–Crippen LogP) is 4.10. The Morgan fingerprint density at radius 2 is 2.00 bits per heavy atom. The second-order valence-electron chi connectivity index (χ2n) is 4.62. The molecule has 0 aliphatic heterocycles. The molecule has 0 radical (unpaired) electrons. The van der Waals surface area contributed by atoms with Crippen LogP contribution in [0.1, 0.15) is 17.4 Å². The molecule has 0 amide bonds. The molecule has 0 spiro atoms. The Balaban J connectivity index is 2.22. The van der Waals surface area contributed by atoms with E-state index < -0.39 is 5.97 Å². The fourth-order valence-corrected chi connectivity index (χ4v) is 2.58. The average molecular weight is 363 g/mol. The van der Waals surface area contributed by atoms with Gasteiger partial charge in [0, 0.05) is 9.86 Å². The second-order valence-corrected chi connectivity index (χ2v) is 5.53. The highest BCUT2D eigenvalue weighted by atomic mass is 79.9. The van der Waals surface area contributed by atoms with E-state index in [1.54, 1.807) is 23.7 Å². The molecule has 1 heterocycles. The third-order valence-electron chi connectivity index (χ3n) is 3.18. The third-order valence-corrected chi connectivity index (χ3v) is 3.68. The minimum atomic E-state index is -0.480. The van der Waals surface area contributed by atoms with Gasteiger partial charge in [0.05, 0.1) is 17.8 Å². The molecule has 0 atom stereocenters. The Morgan fingerprint density at radius 1 is 1.27 bits per heavy atom. The number of carbonyl (C=O) groups excluding carboxylic acids is 1. The lowest BCUT2D eigenvalue weighted by atomic mass is 10.2. The number of carbonyl (C=O) groups is 1. The van der Waals surface area contributed by atoms with Crippen LogP contribution in [0, 0.1) is 5.82 Å². The standard InChI is InChI=1S/C16H12BrFN2O2/c1-2-22-16(21)15-13-9-10(17)3-8-14(13)20(19-15)12-6-4-11(18)5-7-12/h3-9H,2H2,1H3. The third kappa shape index (κ3) is 2.62. The molecule has 112 valence electrons. The molecule has 1 aromatic heterocycles. The van der Waals surface area contributed by atoms with Gasteiger partial charge in [0.25, 0.3) is 0 Å². The van der Waals surface area contributed by atoms with Crippen molar-refractivity contribution in [2.24, 2.45) is 0 Å². The molecular weight excluding hydrogens is 351 g/mol. The predicted molar refractivity (Wildman–Crippen MR) is 84.7 cm³/mol. The number of esters is 1. The first-order valence-electron chi connectivity index (χ1n) is 6.71. The van der Waals surface area contributed by atoms with Crippen LogP contribution < -0.4 is 0 Å². The zero-order valence-electron chi connectivity index (χ0n) is 11.7. The highest BCUT2D eigenvalue weighted by Gasteiger charge is 2.19. The fourth-order valence-electron chi connectivity index (χ4n) is 2.22. The van der Waals surface area contributed by atoms with Gasteiger partial charge in [-0.2, -0.15) is 5.10 Å². The van der Waals surface area contributed by atoms with Crippen molar-refractivity contribution in [3.63, 3.8) is 0 Å². The SMILES string of the molecule is CCOC(=O)c1nn(-c2ccc(F)cc2)c2ccc(Br)cc12. The highest BCUT2D eigenvalue weighted by molar-refractivity contribution is 9.10. The quantitative estimate of drug-likeness (QED) is 0.658. The van der Waals surface area contributed by atoms with Gasteiger partial charge < -0.3 is 4.74 Å². The molecule has 3 rings (SSSR count). The summed E-state index contributed by atoms with van der Waals surface area (Å²) in [6.45, 7) is 2.02. The average Bonchev–Trinajstić information content (AvgIpc) is 2.87. The van der Waals surface area contributed by atoms with Gasteiger partial charge in [0.1, 0.15) is 5.82 Å². The topological polar surface area (TPSA) is 44.1 Å². The Kier molecular flexibility index (Phi) is 3.94. The van der Waals surface area contributed by atoms with E-state index in [1.165, 1.54) is 12.1 Å². The molecule has 0 N–H and O–H groups in total. The summed E-state index contributed by atoms with van der Waals surface area (Å²) in [7, 11) is 0. The Hall–Kier alpha value is -2.21. The van der Waals surface area contributed by atoms with Crippen LogP contribution in [0.2, 0.25) is 0 Å². The number of fused-ring (bicyclic) bond motifs is 1.